The van der Waals surface area contributed by atoms with Crippen molar-refractivity contribution in [3.8, 4) is 0 Å². The largest absolute Gasteiger partial charge is 0.335 e. The molecule has 6 rings (SSSR count). The molecule has 276 valence electrons. The molecule has 2 saturated heterocycles. The van der Waals surface area contributed by atoms with E-state index in [9.17, 15) is 23.2 Å². The lowest BCUT2D eigenvalue weighted by Crippen LogP contribution is -2.51. The van der Waals surface area contributed by atoms with Gasteiger partial charge in [-0.15, -0.1) is 0 Å². The SMILES string of the molecule is Cc1c(Br)c(C(=O)N2CCN(CC(C(=O)C(CN3CCN(C(=O)c4nn(C)c(C)c4Br)CC3)c3ccc(F)cc3)c3ccc(F)cc3)CC2)nn1C. The van der Waals surface area contributed by atoms with Crippen LogP contribution in [0.15, 0.2) is 57.5 Å². The Morgan fingerprint density at radius 1 is 0.615 bits per heavy atom. The average molecular weight is 845 g/mol. The molecule has 4 aromatic rings. The van der Waals surface area contributed by atoms with Gasteiger partial charge in [0.05, 0.1) is 32.2 Å². The molecule has 15 heteroatoms. The summed E-state index contributed by atoms with van der Waals surface area (Å²) in [4.78, 5) is 49.4. The van der Waals surface area contributed by atoms with Gasteiger partial charge < -0.3 is 9.80 Å². The molecule has 2 unspecified atom stereocenters. The topological polar surface area (TPSA) is 99.8 Å². The van der Waals surface area contributed by atoms with Crippen LogP contribution in [0.5, 0.6) is 0 Å². The molecule has 2 fully saturated rings. The summed E-state index contributed by atoms with van der Waals surface area (Å²) in [5.74, 6) is -2.38. The third-order valence-electron chi connectivity index (χ3n) is 10.4. The summed E-state index contributed by atoms with van der Waals surface area (Å²) in [5.41, 5.74) is 3.86. The minimum atomic E-state index is -0.613. The highest BCUT2D eigenvalue weighted by molar-refractivity contribution is 9.11. The summed E-state index contributed by atoms with van der Waals surface area (Å²) in [5, 5.41) is 8.79. The number of aryl methyl sites for hydroxylation is 2. The van der Waals surface area contributed by atoms with Gasteiger partial charge in [-0.2, -0.15) is 10.2 Å². The Morgan fingerprint density at radius 3 is 1.23 bits per heavy atom. The van der Waals surface area contributed by atoms with Crippen molar-refractivity contribution < 1.29 is 23.2 Å². The number of Topliss-reactive ketones (excluding diaryl/α,β-unsaturated/α-hetero) is 1. The maximum Gasteiger partial charge on any atom is 0.275 e. The lowest BCUT2D eigenvalue weighted by Gasteiger charge is -2.38. The van der Waals surface area contributed by atoms with Gasteiger partial charge >= 0.3 is 0 Å². The van der Waals surface area contributed by atoms with Crippen molar-refractivity contribution in [2.24, 2.45) is 14.1 Å². The quantitative estimate of drug-likeness (QED) is 0.224. The van der Waals surface area contributed by atoms with Crippen molar-refractivity contribution in [1.82, 2.24) is 39.2 Å². The van der Waals surface area contributed by atoms with Gasteiger partial charge in [0.2, 0.25) is 0 Å². The fourth-order valence-corrected chi connectivity index (χ4v) is 7.88. The Balaban J connectivity index is 1.18. The average Bonchev–Trinajstić information content (AvgIpc) is 3.56. The number of carbonyl (C=O) groups excluding carboxylic acids is 3. The molecule has 2 atom stereocenters. The van der Waals surface area contributed by atoms with Gasteiger partial charge in [0.1, 0.15) is 17.4 Å². The Morgan fingerprint density at radius 2 is 0.942 bits per heavy atom. The number of benzene rings is 2. The van der Waals surface area contributed by atoms with Crippen LogP contribution < -0.4 is 0 Å². The second-order valence-electron chi connectivity index (χ2n) is 13.5. The van der Waals surface area contributed by atoms with Crippen molar-refractivity contribution in [2.75, 3.05) is 65.4 Å². The molecule has 2 amide bonds. The van der Waals surface area contributed by atoms with E-state index in [1.807, 2.05) is 13.8 Å². The highest BCUT2D eigenvalue weighted by Gasteiger charge is 2.35. The molecule has 0 saturated carbocycles. The molecule has 52 heavy (non-hydrogen) atoms. The molecule has 11 nitrogen and oxygen atoms in total. The maximum atomic E-state index is 14.8. The van der Waals surface area contributed by atoms with E-state index in [2.05, 4.69) is 51.9 Å². The van der Waals surface area contributed by atoms with E-state index >= 15 is 0 Å². The van der Waals surface area contributed by atoms with E-state index < -0.39 is 23.5 Å². The predicted molar refractivity (Wildman–Crippen MR) is 199 cm³/mol. The van der Waals surface area contributed by atoms with Crippen molar-refractivity contribution >= 4 is 49.5 Å². The van der Waals surface area contributed by atoms with Crippen molar-refractivity contribution in [3.05, 3.63) is 103 Å². The van der Waals surface area contributed by atoms with Crippen LogP contribution in [0.2, 0.25) is 0 Å². The number of ketones is 1. The van der Waals surface area contributed by atoms with Crippen LogP contribution in [0.3, 0.4) is 0 Å². The van der Waals surface area contributed by atoms with Gasteiger partial charge in [-0.05, 0) is 81.1 Å². The molecule has 0 aliphatic carbocycles. The Kier molecular flexibility index (Phi) is 11.7. The molecule has 2 aromatic heterocycles. The van der Waals surface area contributed by atoms with Crippen LogP contribution in [-0.4, -0.2) is 122 Å². The van der Waals surface area contributed by atoms with E-state index in [1.165, 1.54) is 24.3 Å². The van der Waals surface area contributed by atoms with E-state index in [-0.39, 0.29) is 17.6 Å². The van der Waals surface area contributed by atoms with Crippen molar-refractivity contribution in [3.63, 3.8) is 0 Å². The van der Waals surface area contributed by atoms with E-state index in [1.54, 1.807) is 57.5 Å². The molecular weight excluding hydrogens is 802 g/mol. The summed E-state index contributed by atoms with van der Waals surface area (Å²) in [6.45, 7) is 8.56. The second kappa shape index (κ2) is 16.1. The minimum Gasteiger partial charge on any atom is -0.335 e. The first-order valence-electron chi connectivity index (χ1n) is 17.3. The first-order valence-corrected chi connectivity index (χ1v) is 18.9. The number of piperazine rings is 2. The molecule has 0 spiro atoms. The molecule has 4 heterocycles. The van der Waals surface area contributed by atoms with Gasteiger partial charge in [0.15, 0.2) is 11.4 Å². The number of aromatic nitrogens is 4. The molecule has 0 bridgehead atoms. The van der Waals surface area contributed by atoms with Crippen LogP contribution in [-0.2, 0) is 18.9 Å². The highest BCUT2D eigenvalue weighted by atomic mass is 79.9. The third kappa shape index (κ3) is 8.07. The minimum absolute atomic E-state index is 0.0592. The number of hydrogen-bond donors (Lipinski definition) is 0. The van der Waals surface area contributed by atoms with Gasteiger partial charge in [-0.25, -0.2) is 8.78 Å². The van der Waals surface area contributed by atoms with Crippen LogP contribution in [0.1, 0.15) is 55.3 Å². The predicted octanol–water partition coefficient (Wildman–Crippen LogP) is 4.93. The lowest BCUT2D eigenvalue weighted by atomic mass is 9.82. The molecule has 2 aliphatic heterocycles. The number of halogens is 4. The van der Waals surface area contributed by atoms with Gasteiger partial charge in [-0.3, -0.25) is 33.5 Å². The Hall–Kier alpha value is -3.79. The molecular formula is C37H42Br2F2N8O3. The van der Waals surface area contributed by atoms with Crippen molar-refractivity contribution in [2.45, 2.75) is 25.7 Å². The van der Waals surface area contributed by atoms with E-state index in [4.69, 9.17) is 0 Å². The van der Waals surface area contributed by atoms with E-state index in [0.29, 0.717) is 96.9 Å². The van der Waals surface area contributed by atoms with E-state index in [0.717, 1.165) is 11.4 Å². The number of amides is 2. The van der Waals surface area contributed by atoms with Crippen LogP contribution in [0, 0.1) is 25.5 Å². The van der Waals surface area contributed by atoms with Crippen LogP contribution in [0.4, 0.5) is 8.78 Å². The number of hydrogen-bond acceptors (Lipinski definition) is 7. The van der Waals surface area contributed by atoms with Crippen LogP contribution >= 0.6 is 31.9 Å². The third-order valence-corrected chi connectivity index (χ3v) is 12.3. The lowest BCUT2D eigenvalue weighted by molar-refractivity contribution is -0.123. The first-order chi connectivity index (χ1) is 24.8. The number of rotatable bonds is 10. The van der Waals surface area contributed by atoms with Gasteiger partial charge in [0, 0.05) is 79.5 Å². The summed E-state index contributed by atoms with van der Waals surface area (Å²) in [6.07, 6.45) is 0. The first kappa shape index (κ1) is 38.0. The summed E-state index contributed by atoms with van der Waals surface area (Å²) < 4.78 is 32.9. The monoisotopic (exact) mass is 842 g/mol. The fraction of sp³-hybridized carbons (Fsp3) is 0.432. The zero-order valence-corrected chi connectivity index (χ0v) is 32.8. The maximum absolute atomic E-state index is 14.8. The Labute approximate surface area is 318 Å². The standard InChI is InChI=1S/C37H42Br2F2N8O3/c1-23-31(38)33(42-44(23)3)36(51)48-17-13-46(14-18-48)21-29(25-5-9-27(40)10-6-25)35(50)30(26-7-11-28(41)12-8-26)22-47-15-19-49(20-16-47)37(52)34-32(39)24(2)45(4)43-34/h5-12,29-30H,13-22H2,1-4H3. The van der Waals surface area contributed by atoms with Crippen LogP contribution in [0.25, 0.3) is 0 Å². The van der Waals surface area contributed by atoms with Crippen molar-refractivity contribution in [1.29, 1.82) is 0 Å². The Bertz CT molecular complexity index is 1800. The molecule has 2 aliphatic rings. The van der Waals surface area contributed by atoms with Gasteiger partial charge in [-0.1, -0.05) is 24.3 Å². The number of carbonyl (C=O) groups is 3. The smallest absolute Gasteiger partial charge is 0.275 e. The molecule has 2 aromatic carbocycles. The summed E-state index contributed by atoms with van der Waals surface area (Å²) >= 11 is 7.01. The second-order valence-corrected chi connectivity index (χ2v) is 15.1. The zero-order valence-electron chi connectivity index (χ0n) is 29.7. The fourth-order valence-electron chi connectivity index (χ4n) is 6.87. The summed E-state index contributed by atoms with van der Waals surface area (Å²) in [7, 11) is 3.59. The normalized spacial score (nSPS) is 17.0. The van der Waals surface area contributed by atoms with Gasteiger partial charge in [0.25, 0.3) is 11.8 Å². The zero-order chi connectivity index (χ0) is 37.3. The molecule has 0 N–H and O–H groups in total. The highest BCUT2D eigenvalue weighted by Crippen LogP contribution is 2.31. The number of nitrogens with zero attached hydrogens (tertiary/aromatic N) is 8. The molecule has 0 radical (unpaired) electrons. The summed E-state index contributed by atoms with van der Waals surface area (Å²) in [6, 6.07) is 12.1.